The number of aromatic nitrogens is 1. The molecule has 1 aromatic heterocycles. The van der Waals surface area contributed by atoms with Gasteiger partial charge in [-0.25, -0.2) is 9.78 Å². The van der Waals surface area contributed by atoms with Gasteiger partial charge in [-0.3, -0.25) is 4.79 Å². The van der Waals surface area contributed by atoms with E-state index in [1.54, 1.807) is 19.1 Å². The predicted molar refractivity (Wildman–Crippen MR) is 96.8 cm³/mol. The Labute approximate surface area is 150 Å². The van der Waals surface area contributed by atoms with Gasteiger partial charge in [-0.05, 0) is 38.1 Å². The molecule has 1 N–H and O–H groups in total. The van der Waals surface area contributed by atoms with Crippen molar-refractivity contribution in [1.82, 2.24) is 4.98 Å². The van der Waals surface area contributed by atoms with Crippen molar-refractivity contribution >= 4 is 17.6 Å². The second kappa shape index (κ2) is 7.65. The van der Waals surface area contributed by atoms with Crippen molar-refractivity contribution < 1.29 is 18.7 Å². The van der Waals surface area contributed by atoms with E-state index in [4.69, 9.17) is 9.15 Å². The number of carbonyl (C=O) groups excluding carboxylic acids is 2. The van der Waals surface area contributed by atoms with Gasteiger partial charge in [0.1, 0.15) is 5.76 Å². The molecule has 0 aliphatic carbocycles. The highest BCUT2D eigenvalue weighted by molar-refractivity contribution is 5.95. The molecule has 1 amide bonds. The van der Waals surface area contributed by atoms with Crippen LogP contribution in [0.3, 0.4) is 0 Å². The number of ether oxygens (including phenoxy) is 1. The topological polar surface area (TPSA) is 81.4 Å². The van der Waals surface area contributed by atoms with Gasteiger partial charge >= 0.3 is 5.97 Å². The number of carbonyl (C=O) groups is 2. The van der Waals surface area contributed by atoms with Crippen LogP contribution in [0.15, 0.2) is 59.0 Å². The summed E-state index contributed by atoms with van der Waals surface area (Å²) in [5.74, 6) is -0.453. The fourth-order valence-corrected chi connectivity index (χ4v) is 2.32. The predicted octanol–water partition coefficient (Wildman–Crippen LogP) is 3.75. The number of aryl methyl sites for hydroxylation is 2. The minimum Gasteiger partial charge on any atom is -0.451 e. The number of hydrogen-bond acceptors (Lipinski definition) is 5. The van der Waals surface area contributed by atoms with Crippen LogP contribution < -0.4 is 5.32 Å². The molecule has 0 aliphatic heterocycles. The number of nitrogens with zero attached hydrogens (tertiary/aromatic N) is 1. The SMILES string of the molecule is Cc1ccc(NC(=O)COC(=O)c2nc(-c3ccccc3)oc2C)cc1. The Kier molecular flexibility index (Phi) is 5.12. The van der Waals surface area contributed by atoms with Crippen LogP contribution in [-0.2, 0) is 9.53 Å². The summed E-state index contributed by atoms with van der Waals surface area (Å²) in [6, 6.07) is 16.6. The zero-order valence-electron chi connectivity index (χ0n) is 14.5. The number of oxazole rings is 1. The second-order valence-corrected chi connectivity index (χ2v) is 5.78. The third-order valence-corrected chi connectivity index (χ3v) is 3.68. The Balaban J connectivity index is 1.60. The molecule has 0 atom stereocenters. The molecular formula is C20H18N2O4. The molecule has 0 spiro atoms. The zero-order valence-corrected chi connectivity index (χ0v) is 14.5. The number of amides is 1. The van der Waals surface area contributed by atoms with Crippen LogP contribution in [-0.4, -0.2) is 23.5 Å². The molecular weight excluding hydrogens is 332 g/mol. The fraction of sp³-hybridized carbons (Fsp3) is 0.150. The van der Waals surface area contributed by atoms with E-state index in [0.29, 0.717) is 17.3 Å². The lowest BCUT2D eigenvalue weighted by Crippen LogP contribution is -2.21. The molecule has 132 valence electrons. The van der Waals surface area contributed by atoms with E-state index < -0.39 is 18.5 Å². The Hall–Kier alpha value is -3.41. The van der Waals surface area contributed by atoms with Crippen LogP contribution >= 0.6 is 0 Å². The van der Waals surface area contributed by atoms with Crippen molar-refractivity contribution in [2.24, 2.45) is 0 Å². The van der Waals surface area contributed by atoms with E-state index in [1.807, 2.05) is 49.4 Å². The summed E-state index contributed by atoms with van der Waals surface area (Å²) in [4.78, 5) is 28.3. The van der Waals surface area contributed by atoms with Crippen molar-refractivity contribution in [3.05, 3.63) is 71.6 Å². The third kappa shape index (κ3) is 4.16. The van der Waals surface area contributed by atoms with Crippen LogP contribution in [0.2, 0.25) is 0 Å². The molecule has 0 bridgehead atoms. The van der Waals surface area contributed by atoms with E-state index in [0.717, 1.165) is 11.1 Å². The molecule has 3 rings (SSSR count). The number of anilines is 1. The minimum absolute atomic E-state index is 0.0620. The van der Waals surface area contributed by atoms with Gasteiger partial charge in [0.15, 0.2) is 12.3 Å². The smallest absolute Gasteiger partial charge is 0.361 e. The normalized spacial score (nSPS) is 10.4. The van der Waals surface area contributed by atoms with E-state index in [-0.39, 0.29) is 5.69 Å². The molecule has 1 heterocycles. The number of nitrogens with one attached hydrogen (secondary N) is 1. The molecule has 6 nitrogen and oxygen atoms in total. The molecule has 3 aromatic rings. The van der Waals surface area contributed by atoms with E-state index in [2.05, 4.69) is 10.3 Å². The lowest BCUT2D eigenvalue weighted by molar-refractivity contribution is -0.119. The molecule has 0 fully saturated rings. The molecule has 6 heteroatoms. The number of hydrogen-bond donors (Lipinski definition) is 1. The molecule has 0 aliphatic rings. The van der Waals surface area contributed by atoms with Crippen LogP contribution in [0.5, 0.6) is 0 Å². The standard InChI is InChI=1S/C20H18N2O4/c1-13-8-10-16(11-9-13)21-17(23)12-25-20(24)18-14(2)26-19(22-18)15-6-4-3-5-7-15/h3-11H,12H2,1-2H3,(H,21,23). The van der Waals surface area contributed by atoms with Gasteiger partial charge in [0.05, 0.1) is 0 Å². The Morgan fingerprint density at radius 2 is 1.73 bits per heavy atom. The van der Waals surface area contributed by atoms with Crippen LogP contribution in [0.4, 0.5) is 5.69 Å². The van der Waals surface area contributed by atoms with Gasteiger partial charge in [-0.2, -0.15) is 0 Å². The number of esters is 1. The maximum atomic E-state index is 12.2. The maximum absolute atomic E-state index is 12.2. The van der Waals surface area contributed by atoms with Crippen molar-refractivity contribution in [3.63, 3.8) is 0 Å². The molecule has 0 saturated heterocycles. The highest BCUT2D eigenvalue weighted by Gasteiger charge is 2.20. The first kappa shape index (κ1) is 17.4. The quantitative estimate of drug-likeness (QED) is 0.709. The van der Waals surface area contributed by atoms with Gasteiger partial charge in [0.25, 0.3) is 5.91 Å². The monoisotopic (exact) mass is 350 g/mol. The minimum atomic E-state index is -0.701. The largest absolute Gasteiger partial charge is 0.451 e. The number of rotatable bonds is 5. The van der Waals surface area contributed by atoms with Crippen LogP contribution in [0.1, 0.15) is 21.8 Å². The van der Waals surface area contributed by atoms with Crippen molar-refractivity contribution in [3.8, 4) is 11.5 Å². The summed E-state index contributed by atoms with van der Waals surface area (Å²) in [6.07, 6.45) is 0. The maximum Gasteiger partial charge on any atom is 0.361 e. The van der Waals surface area contributed by atoms with Gasteiger partial charge < -0.3 is 14.5 Å². The summed E-state index contributed by atoms with van der Waals surface area (Å²) in [7, 11) is 0. The highest BCUT2D eigenvalue weighted by Crippen LogP contribution is 2.21. The molecule has 0 radical (unpaired) electrons. The highest BCUT2D eigenvalue weighted by atomic mass is 16.5. The lowest BCUT2D eigenvalue weighted by atomic mass is 10.2. The average molecular weight is 350 g/mol. The van der Waals surface area contributed by atoms with Crippen molar-refractivity contribution in [1.29, 1.82) is 0 Å². The first-order valence-electron chi connectivity index (χ1n) is 8.09. The second-order valence-electron chi connectivity index (χ2n) is 5.78. The number of benzene rings is 2. The third-order valence-electron chi connectivity index (χ3n) is 3.68. The average Bonchev–Trinajstić information content (AvgIpc) is 3.04. The van der Waals surface area contributed by atoms with E-state index in [1.165, 1.54) is 0 Å². The van der Waals surface area contributed by atoms with Gasteiger partial charge in [0, 0.05) is 11.3 Å². The van der Waals surface area contributed by atoms with E-state index >= 15 is 0 Å². The zero-order chi connectivity index (χ0) is 18.5. The van der Waals surface area contributed by atoms with E-state index in [9.17, 15) is 9.59 Å². The Bertz CT molecular complexity index is 915. The van der Waals surface area contributed by atoms with Gasteiger partial charge in [-0.1, -0.05) is 35.9 Å². The van der Waals surface area contributed by atoms with Gasteiger partial charge in [-0.15, -0.1) is 0 Å². The summed E-state index contributed by atoms with van der Waals surface area (Å²) in [5, 5.41) is 2.66. The van der Waals surface area contributed by atoms with Crippen LogP contribution in [0, 0.1) is 13.8 Å². The van der Waals surface area contributed by atoms with Crippen LogP contribution in [0.25, 0.3) is 11.5 Å². The first-order valence-corrected chi connectivity index (χ1v) is 8.09. The lowest BCUT2D eigenvalue weighted by Gasteiger charge is -2.06. The molecule has 0 unspecified atom stereocenters. The molecule has 0 saturated carbocycles. The summed E-state index contributed by atoms with van der Waals surface area (Å²) < 4.78 is 10.6. The molecule has 26 heavy (non-hydrogen) atoms. The Morgan fingerprint density at radius 3 is 2.42 bits per heavy atom. The summed E-state index contributed by atoms with van der Waals surface area (Å²) in [6.45, 7) is 3.18. The fourth-order valence-electron chi connectivity index (χ4n) is 2.32. The van der Waals surface area contributed by atoms with Crippen molar-refractivity contribution in [2.75, 3.05) is 11.9 Å². The first-order chi connectivity index (χ1) is 12.5. The van der Waals surface area contributed by atoms with Gasteiger partial charge in [0.2, 0.25) is 5.89 Å². The summed E-state index contributed by atoms with van der Waals surface area (Å²) >= 11 is 0. The summed E-state index contributed by atoms with van der Waals surface area (Å²) in [5.41, 5.74) is 2.55. The van der Waals surface area contributed by atoms with Crippen molar-refractivity contribution in [2.45, 2.75) is 13.8 Å². The Morgan fingerprint density at radius 1 is 1.04 bits per heavy atom. The molecule has 2 aromatic carbocycles.